The van der Waals surface area contributed by atoms with Gasteiger partial charge >= 0.3 is 5.97 Å². The molecule has 112 valence electrons. The van der Waals surface area contributed by atoms with Gasteiger partial charge in [0.1, 0.15) is 10.7 Å². The van der Waals surface area contributed by atoms with Crippen molar-refractivity contribution in [2.24, 2.45) is 0 Å². The van der Waals surface area contributed by atoms with E-state index < -0.39 is 32.7 Å². The molecular weight excluding hydrogens is 317 g/mol. The predicted molar refractivity (Wildman–Crippen MR) is 76.4 cm³/mol. The molecule has 0 amide bonds. The number of rotatable bonds is 5. The minimum Gasteiger partial charge on any atom is -0.478 e. The lowest BCUT2D eigenvalue weighted by Crippen LogP contribution is -2.27. The number of aromatic carboxylic acids is 1. The predicted octanol–water partition coefficient (Wildman–Crippen LogP) is 2.62. The lowest BCUT2D eigenvalue weighted by Gasteiger charge is -2.13. The van der Waals surface area contributed by atoms with Crippen LogP contribution in [0.3, 0.4) is 0 Å². The normalized spacial score (nSPS) is 13.0. The fraction of sp³-hybridized carbons (Fsp3) is 0.154. The Hall–Kier alpha value is -1.77. The van der Waals surface area contributed by atoms with Crippen LogP contribution in [0.1, 0.15) is 28.2 Å². The molecule has 0 radical (unpaired) electrons. The third-order valence-corrected chi connectivity index (χ3v) is 5.40. The highest BCUT2D eigenvalue weighted by Crippen LogP contribution is 2.22. The van der Waals surface area contributed by atoms with Gasteiger partial charge in [-0.05, 0) is 36.6 Å². The van der Waals surface area contributed by atoms with Crippen molar-refractivity contribution >= 4 is 27.3 Å². The first-order chi connectivity index (χ1) is 9.81. The van der Waals surface area contributed by atoms with Crippen LogP contribution in [0.4, 0.5) is 4.39 Å². The SMILES string of the molecule is C[C@H](NS(=O)(=O)c1ccc(C(=O)O)cc1F)c1cccs1. The second-order valence-corrected chi connectivity index (χ2v) is 6.97. The zero-order valence-corrected chi connectivity index (χ0v) is 12.5. The maximum absolute atomic E-state index is 13.8. The molecule has 21 heavy (non-hydrogen) atoms. The van der Waals surface area contributed by atoms with Crippen LogP contribution in [0, 0.1) is 5.82 Å². The molecule has 1 heterocycles. The number of carboxylic acids is 1. The highest BCUT2D eigenvalue weighted by atomic mass is 32.2. The molecule has 0 saturated carbocycles. The number of thiophene rings is 1. The van der Waals surface area contributed by atoms with Crippen molar-refractivity contribution in [1.82, 2.24) is 4.72 Å². The first-order valence-electron chi connectivity index (χ1n) is 5.90. The van der Waals surface area contributed by atoms with Crippen molar-refractivity contribution in [3.05, 3.63) is 52.0 Å². The van der Waals surface area contributed by atoms with Gasteiger partial charge in [0.05, 0.1) is 11.6 Å². The zero-order chi connectivity index (χ0) is 15.6. The van der Waals surface area contributed by atoms with E-state index in [0.717, 1.165) is 17.0 Å². The minimum atomic E-state index is -4.07. The number of halogens is 1. The molecule has 0 aliphatic rings. The number of carbonyl (C=O) groups is 1. The highest BCUT2D eigenvalue weighted by Gasteiger charge is 2.23. The summed E-state index contributed by atoms with van der Waals surface area (Å²) in [5.74, 6) is -2.42. The van der Waals surface area contributed by atoms with Crippen molar-refractivity contribution < 1.29 is 22.7 Å². The fourth-order valence-electron chi connectivity index (χ4n) is 1.74. The Kier molecular flexibility index (Phi) is 4.40. The summed E-state index contributed by atoms with van der Waals surface area (Å²) in [5.41, 5.74) is -0.308. The third kappa shape index (κ3) is 3.46. The van der Waals surface area contributed by atoms with E-state index in [-0.39, 0.29) is 5.56 Å². The number of benzene rings is 1. The fourth-order valence-corrected chi connectivity index (χ4v) is 3.84. The van der Waals surface area contributed by atoms with Crippen molar-refractivity contribution in [1.29, 1.82) is 0 Å². The van der Waals surface area contributed by atoms with Crippen molar-refractivity contribution in [2.75, 3.05) is 0 Å². The molecule has 0 aliphatic carbocycles. The summed E-state index contributed by atoms with van der Waals surface area (Å²) in [4.78, 5) is 10.9. The number of sulfonamides is 1. The van der Waals surface area contributed by atoms with Crippen LogP contribution >= 0.6 is 11.3 Å². The van der Waals surface area contributed by atoms with Crippen molar-refractivity contribution in [2.45, 2.75) is 17.9 Å². The number of hydrogen-bond acceptors (Lipinski definition) is 4. The lowest BCUT2D eigenvalue weighted by molar-refractivity contribution is 0.0696. The van der Waals surface area contributed by atoms with Crippen LogP contribution in [0.2, 0.25) is 0 Å². The summed E-state index contributed by atoms with van der Waals surface area (Å²) in [7, 11) is -4.07. The monoisotopic (exact) mass is 329 g/mol. The van der Waals surface area contributed by atoms with Gasteiger partial charge in [-0.15, -0.1) is 11.3 Å². The minimum absolute atomic E-state index is 0.308. The van der Waals surface area contributed by atoms with Gasteiger partial charge in [-0.25, -0.2) is 22.3 Å². The van der Waals surface area contributed by atoms with Gasteiger partial charge in [-0.2, -0.15) is 0 Å². The molecule has 2 N–H and O–H groups in total. The molecule has 0 saturated heterocycles. The zero-order valence-electron chi connectivity index (χ0n) is 10.9. The van der Waals surface area contributed by atoms with E-state index in [1.165, 1.54) is 11.3 Å². The Balaban J connectivity index is 2.29. The van der Waals surface area contributed by atoms with Crippen LogP contribution in [-0.2, 0) is 10.0 Å². The van der Waals surface area contributed by atoms with Crippen molar-refractivity contribution in [3.63, 3.8) is 0 Å². The van der Waals surface area contributed by atoms with Gasteiger partial charge in [-0.1, -0.05) is 6.07 Å². The maximum Gasteiger partial charge on any atom is 0.335 e. The van der Waals surface area contributed by atoms with E-state index in [4.69, 9.17) is 5.11 Å². The molecule has 1 aromatic heterocycles. The summed E-state index contributed by atoms with van der Waals surface area (Å²) >= 11 is 1.38. The van der Waals surface area contributed by atoms with Crippen LogP contribution in [0.5, 0.6) is 0 Å². The third-order valence-electron chi connectivity index (χ3n) is 2.77. The second-order valence-electron chi connectivity index (χ2n) is 4.31. The topological polar surface area (TPSA) is 83.5 Å². The smallest absolute Gasteiger partial charge is 0.335 e. The van der Waals surface area contributed by atoms with Crippen LogP contribution in [0.15, 0.2) is 40.6 Å². The van der Waals surface area contributed by atoms with E-state index in [0.29, 0.717) is 6.07 Å². The molecule has 1 atom stereocenters. The maximum atomic E-state index is 13.8. The molecule has 0 bridgehead atoms. The average molecular weight is 329 g/mol. The molecule has 0 unspecified atom stereocenters. The van der Waals surface area contributed by atoms with E-state index >= 15 is 0 Å². The number of hydrogen-bond donors (Lipinski definition) is 2. The van der Waals surface area contributed by atoms with Gasteiger partial charge in [0.2, 0.25) is 10.0 Å². The molecule has 0 aliphatic heterocycles. The number of nitrogens with one attached hydrogen (secondary N) is 1. The molecular formula is C13H12FNO4S2. The van der Waals surface area contributed by atoms with Gasteiger partial charge < -0.3 is 5.11 Å². The van der Waals surface area contributed by atoms with E-state index in [2.05, 4.69) is 4.72 Å². The van der Waals surface area contributed by atoms with Crippen molar-refractivity contribution in [3.8, 4) is 0 Å². The second kappa shape index (κ2) is 5.92. The van der Waals surface area contributed by atoms with Crippen LogP contribution in [-0.4, -0.2) is 19.5 Å². The molecule has 2 aromatic rings. The summed E-state index contributed by atoms with van der Waals surface area (Å²) < 4.78 is 40.5. The van der Waals surface area contributed by atoms with Gasteiger partial charge in [0, 0.05) is 4.88 Å². The lowest BCUT2D eigenvalue weighted by atomic mass is 10.2. The van der Waals surface area contributed by atoms with Crippen LogP contribution in [0.25, 0.3) is 0 Å². The Bertz CT molecular complexity index is 756. The van der Waals surface area contributed by atoms with E-state index in [1.807, 2.05) is 5.38 Å². The average Bonchev–Trinajstić information content (AvgIpc) is 2.91. The Morgan fingerprint density at radius 3 is 2.62 bits per heavy atom. The molecule has 1 aromatic carbocycles. The molecule has 0 spiro atoms. The van der Waals surface area contributed by atoms with Gasteiger partial charge in [0.15, 0.2) is 0 Å². The van der Waals surface area contributed by atoms with Gasteiger partial charge in [0.25, 0.3) is 0 Å². The summed E-state index contributed by atoms with van der Waals surface area (Å²) in [6, 6.07) is 5.73. The largest absolute Gasteiger partial charge is 0.478 e. The van der Waals surface area contributed by atoms with Gasteiger partial charge in [-0.3, -0.25) is 0 Å². The van der Waals surface area contributed by atoms with E-state index in [9.17, 15) is 17.6 Å². The summed E-state index contributed by atoms with van der Waals surface area (Å²) in [6.45, 7) is 1.65. The standard InChI is InChI=1S/C13H12FNO4S2/c1-8(11-3-2-6-20-11)15-21(18,19)12-5-4-9(13(16)17)7-10(12)14/h2-8,15H,1H3,(H,16,17)/t8-/m0/s1. The first kappa shape index (κ1) is 15.6. The Morgan fingerprint density at radius 2 is 2.10 bits per heavy atom. The molecule has 2 rings (SSSR count). The quantitative estimate of drug-likeness (QED) is 0.883. The summed E-state index contributed by atoms with van der Waals surface area (Å²) in [5, 5.41) is 10.6. The Labute approximate surface area is 125 Å². The molecule has 8 heteroatoms. The molecule has 0 fully saturated rings. The molecule has 5 nitrogen and oxygen atoms in total. The first-order valence-corrected chi connectivity index (χ1v) is 8.26. The highest BCUT2D eigenvalue weighted by molar-refractivity contribution is 7.89. The van der Waals surface area contributed by atoms with E-state index in [1.54, 1.807) is 19.1 Å². The Morgan fingerprint density at radius 1 is 1.38 bits per heavy atom. The number of carboxylic acid groups (broad SMARTS) is 1. The summed E-state index contributed by atoms with van der Waals surface area (Å²) in [6.07, 6.45) is 0. The van der Waals surface area contributed by atoms with Crippen LogP contribution < -0.4 is 4.72 Å².